The van der Waals surface area contributed by atoms with Crippen molar-refractivity contribution >= 4 is 16.7 Å². The molecule has 0 aliphatic rings. The number of Topliss-reactive ketones (excluding diaryl/α,β-unsaturated/α-hetero) is 1. The summed E-state index contributed by atoms with van der Waals surface area (Å²) in [5.41, 5.74) is 0.522. The number of ketones is 1. The van der Waals surface area contributed by atoms with Crippen LogP contribution in [0.4, 0.5) is 13.2 Å². The SMILES string of the molecule is O=C(Cc1c(F)cccc1F)c1c[nH]c2ccc(F)cc12. The second kappa shape index (κ2) is 5.09. The Labute approximate surface area is 118 Å². The molecule has 3 rings (SSSR count). The van der Waals surface area contributed by atoms with Crippen LogP contribution in [0.1, 0.15) is 15.9 Å². The molecule has 1 N–H and O–H groups in total. The first-order chi connectivity index (χ1) is 10.1. The van der Waals surface area contributed by atoms with Crippen molar-refractivity contribution in [1.82, 2.24) is 4.98 Å². The Balaban J connectivity index is 2.00. The summed E-state index contributed by atoms with van der Waals surface area (Å²) in [4.78, 5) is 15.1. The molecule has 0 atom stereocenters. The molecule has 3 aromatic rings. The Kier molecular flexibility index (Phi) is 3.25. The number of aromatic nitrogens is 1. The second-order valence-corrected chi connectivity index (χ2v) is 4.69. The van der Waals surface area contributed by atoms with E-state index in [2.05, 4.69) is 4.98 Å². The van der Waals surface area contributed by atoms with Gasteiger partial charge in [0, 0.05) is 34.6 Å². The highest BCUT2D eigenvalue weighted by Gasteiger charge is 2.17. The van der Waals surface area contributed by atoms with E-state index in [1.54, 1.807) is 0 Å². The number of halogens is 3. The summed E-state index contributed by atoms with van der Waals surface area (Å²) in [6.45, 7) is 0. The molecule has 0 fully saturated rings. The van der Waals surface area contributed by atoms with E-state index in [0.717, 1.165) is 12.1 Å². The van der Waals surface area contributed by atoms with Crippen molar-refractivity contribution in [1.29, 1.82) is 0 Å². The van der Waals surface area contributed by atoms with Crippen LogP contribution in [0.15, 0.2) is 42.6 Å². The van der Waals surface area contributed by atoms with Crippen molar-refractivity contribution in [3.05, 3.63) is 71.2 Å². The van der Waals surface area contributed by atoms with Crippen LogP contribution in [0.5, 0.6) is 0 Å². The van der Waals surface area contributed by atoms with E-state index >= 15 is 0 Å². The van der Waals surface area contributed by atoms with Crippen LogP contribution in [0.25, 0.3) is 10.9 Å². The maximum atomic E-state index is 13.6. The first kappa shape index (κ1) is 13.4. The fraction of sp³-hybridized carbons (Fsp3) is 0.0625. The summed E-state index contributed by atoms with van der Waals surface area (Å²) in [5, 5.41) is 0.400. The Morgan fingerprint density at radius 3 is 2.48 bits per heavy atom. The van der Waals surface area contributed by atoms with Crippen LogP contribution in [0, 0.1) is 17.5 Å². The maximum Gasteiger partial charge on any atom is 0.169 e. The summed E-state index contributed by atoms with van der Waals surface area (Å²) in [6, 6.07) is 7.42. The van der Waals surface area contributed by atoms with Gasteiger partial charge in [-0.1, -0.05) is 6.07 Å². The zero-order valence-electron chi connectivity index (χ0n) is 10.8. The molecular weight excluding hydrogens is 279 g/mol. The summed E-state index contributed by atoms with van der Waals surface area (Å²) >= 11 is 0. The van der Waals surface area contributed by atoms with Gasteiger partial charge >= 0.3 is 0 Å². The van der Waals surface area contributed by atoms with Gasteiger partial charge in [-0.05, 0) is 30.3 Å². The third kappa shape index (κ3) is 2.42. The molecule has 5 heteroatoms. The van der Waals surface area contributed by atoms with Gasteiger partial charge in [0.25, 0.3) is 0 Å². The third-order valence-corrected chi connectivity index (χ3v) is 3.34. The molecule has 0 aliphatic heterocycles. The smallest absolute Gasteiger partial charge is 0.169 e. The number of carbonyl (C=O) groups excluding carboxylic acids is 1. The normalized spacial score (nSPS) is 11.0. The minimum absolute atomic E-state index is 0.215. The molecule has 0 radical (unpaired) electrons. The van der Waals surface area contributed by atoms with Crippen molar-refractivity contribution in [3.8, 4) is 0 Å². The minimum atomic E-state index is -0.769. The molecule has 2 nitrogen and oxygen atoms in total. The molecule has 0 amide bonds. The van der Waals surface area contributed by atoms with Crippen LogP contribution in [0.2, 0.25) is 0 Å². The van der Waals surface area contributed by atoms with Crippen molar-refractivity contribution in [3.63, 3.8) is 0 Å². The Hall–Kier alpha value is -2.56. The largest absolute Gasteiger partial charge is 0.360 e. The van der Waals surface area contributed by atoms with Gasteiger partial charge in [0.2, 0.25) is 0 Å². The molecule has 0 bridgehead atoms. The van der Waals surface area contributed by atoms with Crippen molar-refractivity contribution in [2.24, 2.45) is 0 Å². The summed E-state index contributed by atoms with van der Waals surface area (Å²) in [6.07, 6.45) is 1.01. The number of fused-ring (bicyclic) bond motifs is 1. The van der Waals surface area contributed by atoms with Crippen molar-refractivity contribution < 1.29 is 18.0 Å². The van der Waals surface area contributed by atoms with E-state index in [1.165, 1.54) is 30.5 Å². The van der Waals surface area contributed by atoms with Gasteiger partial charge in [-0.3, -0.25) is 4.79 Å². The maximum absolute atomic E-state index is 13.6. The topological polar surface area (TPSA) is 32.9 Å². The summed E-state index contributed by atoms with van der Waals surface area (Å²) < 4.78 is 40.4. The molecule has 0 spiro atoms. The summed E-state index contributed by atoms with van der Waals surface area (Å²) in [7, 11) is 0. The zero-order valence-corrected chi connectivity index (χ0v) is 10.8. The van der Waals surface area contributed by atoms with Gasteiger partial charge in [0.05, 0.1) is 0 Å². The fourth-order valence-electron chi connectivity index (χ4n) is 2.28. The third-order valence-electron chi connectivity index (χ3n) is 3.34. The van der Waals surface area contributed by atoms with Gasteiger partial charge in [-0.2, -0.15) is 0 Å². The number of hydrogen-bond donors (Lipinski definition) is 1. The number of nitrogens with one attached hydrogen (secondary N) is 1. The fourth-order valence-corrected chi connectivity index (χ4v) is 2.28. The first-order valence-corrected chi connectivity index (χ1v) is 6.29. The number of H-pyrrole nitrogens is 1. The van der Waals surface area contributed by atoms with E-state index in [-0.39, 0.29) is 11.1 Å². The molecule has 21 heavy (non-hydrogen) atoms. The van der Waals surface area contributed by atoms with Gasteiger partial charge in [0.15, 0.2) is 5.78 Å². The Morgan fingerprint density at radius 1 is 1.05 bits per heavy atom. The number of aromatic amines is 1. The molecule has 0 saturated heterocycles. The lowest BCUT2D eigenvalue weighted by Crippen LogP contribution is -2.06. The molecule has 106 valence electrons. The summed E-state index contributed by atoms with van der Waals surface area (Å²) in [5.74, 6) is -2.49. The van der Waals surface area contributed by atoms with E-state index in [4.69, 9.17) is 0 Å². The van der Waals surface area contributed by atoms with E-state index < -0.39 is 29.7 Å². The quantitative estimate of drug-likeness (QED) is 0.726. The number of hydrogen-bond acceptors (Lipinski definition) is 1. The second-order valence-electron chi connectivity index (χ2n) is 4.69. The minimum Gasteiger partial charge on any atom is -0.360 e. The van der Waals surface area contributed by atoms with Crippen LogP contribution < -0.4 is 0 Å². The predicted octanol–water partition coefficient (Wildman–Crippen LogP) is 4.01. The molecule has 2 aromatic carbocycles. The van der Waals surface area contributed by atoms with E-state index in [0.29, 0.717) is 10.9 Å². The van der Waals surface area contributed by atoms with Gasteiger partial charge in [-0.25, -0.2) is 13.2 Å². The number of carbonyl (C=O) groups is 1. The van der Waals surface area contributed by atoms with Gasteiger partial charge < -0.3 is 4.98 Å². The predicted molar refractivity (Wildman–Crippen MR) is 72.6 cm³/mol. The monoisotopic (exact) mass is 289 g/mol. The van der Waals surface area contributed by atoms with E-state index in [9.17, 15) is 18.0 Å². The number of benzene rings is 2. The Morgan fingerprint density at radius 2 is 1.76 bits per heavy atom. The highest BCUT2D eigenvalue weighted by Crippen LogP contribution is 2.22. The molecule has 0 aliphatic carbocycles. The standard InChI is InChI=1S/C16H10F3NO/c17-9-4-5-15-10(6-9)12(8-20-15)16(21)7-11-13(18)2-1-3-14(11)19/h1-6,8,20H,7H2. The molecule has 0 unspecified atom stereocenters. The zero-order chi connectivity index (χ0) is 15.0. The lowest BCUT2D eigenvalue weighted by molar-refractivity contribution is 0.0992. The average Bonchev–Trinajstić information content (AvgIpc) is 2.86. The van der Waals surface area contributed by atoms with Crippen LogP contribution in [0.3, 0.4) is 0 Å². The molecule has 1 heterocycles. The van der Waals surface area contributed by atoms with Crippen molar-refractivity contribution in [2.45, 2.75) is 6.42 Å². The van der Waals surface area contributed by atoms with Crippen LogP contribution in [-0.4, -0.2) is 10.8 Å². The molecular formula is C16H10F3NO. The highest BCUT2D eigenvalue weighted by atomic mass is 19.1. The van der Waals surface area contributed by atoms with Crippen LogP contribution >= 0.6 is 0 Å². The highest BCUT2D eigenvalue weighted by molar-refractivity contribution is 6.08. The molecule has 1 aromatic heterocycles. The Bertz CT molecular complexity index is 818. The van der Waals surface area contributed by atoms with Gasteiger partial charge in [-0.15, -0.1) is 0 Å². The molecule has 0 saturated carbocycles. The van der Waals surface area contributed by atoms with Gasteiger partial charge in [0.1, 0.15) is 17.5 Å². The first-order valence-electron chi connectivity index (χ1n) is 6.29. The van der Waals surface area contributed by atoms with Crippen LogP contribution in [-0.2, 0) is 6.42 Å². The van der Waals surface area contributed by atoms with E-state index in [1.807, 2.05) is 0 Å². The lowest BCUT2D eigenvalue weighted by atomic mass is 10.0. The average molecular weight is 289 g/mol. The number of rotatable bonds is 3. The lowest BCUT2D eigenvalue weighted by Gasteiger charge is -2.04. The van der Waals surface area contributed by atoms with Crippen molar-refractivity contribution in [2.75, 3.05) is 0 Å².